The smallest absolute Gasteiger partial charge is 0.329 e. The Morgan fingerprint density at radius 3 is 2.38 bits per heavy atom. The number of para-hydroxylation sites is 1. The highest BCUT2D eigenvalue weighted by molar-refractivity contribution is 5.84. The van der Waals surface area contributed by atoms with Crippen LogP contribution in [0.5, 0.6) is 17.2 Å². The first-order chi connectivity index (χ1) is 15.6. The molecular formula is C23H23N6O3+. The van der Waals surface area contributed by atoms with E-state index >= 15 is 0 Å². The molecule has 0 saturated carbocycles. The van der Waals surface area contributed by atoms with Gasteiger partial charge in [-0.15, -0.1) is 0 Å². The van der Waals surface area contributed by atoms with Crippen molar-refractivity contribution in [1.29, 1.82) is 0 Å². The number of aromatic amines is 2. The van der Waals surface area contributed by atoms with Crippen LogP contribution < -0.4 is 24.0 Å². The first kappa shape index (κ1) is 19.7. The van der Waals surface area contributed by atoms with Crippen LogP contribution >= 0.6 is 0 Å². The summed E-state index contributed by atoms with van der Waals surface area (Å²) < 4.78 is 18.1. The predicted octanol–water partition coefficient (Wildman–Crippen LogP) is 3.77. The number of nitrogens with zero attached hydrogens (tertiary/aromatic N) is 3. The first-order valence-corrected chi connectivity index (χ1v) is 10.0. The number of imidazole rings is 1. The van der Waals surface area contributed by atoms with Crippen molar-refractivity contribution in [3.8, 4) is 28.8 Å². The SMILES string of the molecule is COc1cc(Nc2ncc3c(C)[nH]c(-c4cc5ccccc5[nH]4)[n+]3n2)cc(OC)c1OC. The Labute approximate surface area is 184 Å². The minimum absolute atomic E-state index is 0.424. The quantitative estimate of drug-likeness (QED) is 0.354. The van der Waals surface area contributed by atoms with E-state index in [-0.39, 0.29) is 0 Å². The van der Waals surface area contributed by atoms with E-state index in [1.807, 2.05) is 29.6 Å². The molecule has 0 bridgehead atoms. The van der Waals surface area contributed by atoms with Crippen molar-refractivity contribution < 1.29 is 18.7 Å². The molecule has 32 heavy (non-hydrogen) atoms. The van der Waals surface area contributed by atoms with Crippen molar-refractivity contribution in [2.75, 3.05) is 26.6 Å². The normalized spacial score (nSPS) is 11.1. The maximum atomic E-state index is 5.44. The van der Waals surface area contributed by atoms with Gasteiger partial charge in [-0.05, 0) is 17.2 Å². The molecule has 3 N–H and O–H groups in total. The van der Waals surface area contributed by atoms with Crippen molar-refractivity contribution in [3.05, 3.63) is 54.4 Å². The number of hydrogen-bond donors (Lipinski definition) is 3. The molecule has 0 unspecified atom stereocenters. The van der Waals surface area contributed by atoms with Gasteiger partial charge in [0.2, 0.25) is 11.3 Å². The lowest BCUT2D eigenvalue weighted by Crippen LogP contribution is -2.29. The Balaban J connectivity index is 1.57. The van der Waals surface area contributed by atoms with Crippen LogP contribution in [-0.2, 0) is 0 Å². The fourth-order valence-corrected chi connectivity index (χ4v) is 3.79. The van der Waals surface area contributed by atoms with Crippen LogP contribution in [0, 0.1) is 6.92 Å². The van der Waals surface area contributed by atoms with Crippen LogP contribution in [0.15, 0.2) is 48.7 Å². The Kier molecular flexibility index (Phi) is 4.78. The number of rotatable bonds is 6. The van der Waals surface area contributed by atoms with E-state index in [4.69, 9.17) is 19.3 Å². The number of aromatic nitrogens is 5. The van der Waals surface area contributed by atoms with E-state index in [9.17, 15) is 0 Å². The Morgan fingerprint density at radius 2 is 1.69 bits per heavy atom. The highest BCUT2D eigenvalue weighted by Crippen LogP contribution is 2.40. The average molecular weight is 431 g/mol. The molecule has 162 valence electrons. The number of anilines is 2. The molecule has 0 saturated heterocycles. The molecule has 3 aromatic heterocycles. The fourth-order valence-electron chi connectivity index (χ4n) is 3.79. The topological polar surface area (TPSA) is 101 Å². The van der Waals surface area contributed by atoms with Crippen molar-refractivity contribution in [3.63, 3.8) is 0 Å². The third kappa shape index (κ3) is 3.24. The number of methoxy groups -OCH3 is 3. The molecule has 0 aliphatic heterocycles. The summed E-state index contributed by atoms with van der Waals surface area (Å²) in [5.74, 6) is 2.87. The molecule has 5 rings (SSSR count). The third-order valence-electron chi connectivity index (χ3n) is 5.34. The molecule has 0 atom stereocenters. The van der Waals surface area contributed by atoms with E-state index in [0.717, 1.165) is 33.6 Å². The number of nitrogens with one attached hydrogen (secondary N) is 3. The van der Waals surface area contributed by atoms with E-state index in [1.165, 1.54) is 0 Å². The molecule has 9 heteroatoms. The molecule has 2 aromatic carbocycles. The predicted molar refractivity (Wildman–Crippen MR) is 121 cm³/mol. The van der Waals surface area contributed by atoms with Gasteiger partial charge in [0, 0.05) is 35.6 Å². The molecule has 3 heterocycles. The summed E-state index contributed by atoms with van der Waals surface area (Å²) in [5, 5.41) is 9.08. The summed E-state index contributed by atoms with van der Waals surface area (Å²) in [4.78, 5) is 11.3. The second kappa shape index (κ2) is 7.77. The van der Waals surface area contributed by atoms with E-state index in [0.29, 0.717) is 28.9 Å². The van der Waals surface area contributed by atoms with Crippen LogP contribution in [0.3, 0.4) is 0 Å². The molecule has 0 radical (unpaired) electrons. The van der Waals surface area contributed by atoms with Gasteiger partial charge >= 0.3 is 5.82 Å². The van der Waals surface area contributed by atoms with E-state index in [1.54, 1.807) is 39.7 Å². The number of fused-ring (bicyclic) bond motifs is 2. The number of benzene rings is 2. The zero-order valence-corrected chi connectivity index (χ0v) is 18.2. The summed E-state index contributed by atoms with van der Waals surface area (Å²) in [6.45, 7) is 2.00. The Bertz CT molecular complexity index is 1380. The molecule has 9 nitrogen and oxygen atoms in total. The Morgan fingerprint density at radius 1 is 0.938 bits per heavy atom. The Hall–Kier alpha value is -4.27. The summed E-state index contributed by atoms with van der Waals surface area (Å²) in [6, 6.07) is 13.9. The van der Waals surface area contributed by atoms with Crippen LogP contribution in [0.4, 0.5) is 11.6 Å². The van der Waals surface area contributed by atoms with Gasteiger partial charge in [0.1, 0.15) is 11.4 Å². The zero-order valence-electron chi connectivity index (χ0n) is 18.2. The highest BCUT2D eigenvalue weighted by atomic mass is 16.5. The van der Waals surface area contributed by atoms with E-state index in [2.05, 4.69) is 32.4 Å². The molecule has 0 amide bonds. The number of ether oxygens (including phenoxy) is 3. The minimum atomic E-state index is 0.424. The minimum Gasteiger partial charge on any atom is -0.493 e. The summed E-state index contributed by atoms with van der Waals surface area (Å²) >= 11 is 0. The van der Waals surface area contributed by atoms with Crippen molar-refractivity contribution >= 4 is 28.1 Å². The lowest BCUT2D eigenvalue weighted by Gasteiger charge is -2.14. The molecule has 5 aromatic rings. The van der Waals surface area contributed by atoms with E-state index < -0.39 is 0 Å². The van der Waals surface area contributed by atoms with Gasteiger partial charge in [0.05, 0.1) is 27.5 Å². The van der Waals surface area contributed by atoms with Gasteiger partial charge < -0.3 is 24.5 Å². The van der Waals surface area contributed by atoms with Gasteiger partial charge in [-0.25, -0.2) is 9.97 Å². The van der Waals surface area contributed by atoms with Gasteiger partial charge in [-0.2, -0.15) is 0 Å². The lowest BCUT2D eigenvalue weighted by atomic mass is 10.2. The van der Waals surface area contributed by atoms with Crippen LogP contribution in [0.1, 0.15) is 5.69 Å². The standard InChI is InChI=1S/C23H22N6O3/c1-13-18-12-24-23(26-15-10-19(30-2)21(32-4)20(11-15)31-3)28-29(18)22(25-13)17-9-14-7-5-6-8-16(14)27-17/h5-12H,1-4H3,(H2,24,25,26,27,28)/p+1. The monoisotopic (exact) mass is 431 g/mol. The van der Waals surface area contributed by atoms with Crippen LogP contribution in [-0.4, -0.2) is 41.4 Å². The van der Waals surface area contributed by atoms with Crippen molar-refractivity contribution in [2.45, 2.75) is 6.92 Å². The van der Waals surface area contributed by atoms with Gasteiger partial charge in [-0.1, -0.05) is 22.7 Å². The molecular weight excluding hydrogens is 408 g/mol. The fraction of sp³-hybridized carbons (Fsp3) is 0.174. The largest absolute Gasteiger partial charge is 0.493 e. The average Bonchev–Trinajstić information content (AvgIpc) is 3.39. The van der Waals surface area contributed by atoms with Crippen LogP contribution in [0.25, 0.3) is 27.9 Å². The summed E-state index contributed by atoms with van der Waals surface area (Å²) in [7, 11) is 4.73. The van der Waals surface area contributed by atoms with Crippen molar-refractivity contribution in [2.24, 2.45) is 0 Å². The second-order valence-corrected chi connectivity index (χ2v) is 7.29. The maximum Gasteiger partial charge on any atom is 0.329 e. The molecule has 0 fully saturated rings. The first-order valence-electron chi connectivity index (χ1n) is 10.0. The second-order valence-electron chi connectivity index (χ2n) is 7.29. The third-order valence-corrected chi connectivity index (χ3v) is 5.34. The van der Waals surface area contributed by atoms with Crippen molar-refractivity contribution in [1.82, 2.24) is 20.1 Å². The number of hydrogen-bond acceptors (Lipinski definition) is 6. The van der Waals surface area contributed by atoms with Gasteiger partial charge in [0.15, 0.2) is 11.5 Å². The highest BCUT2D eigenvalue weighted by Gasteiger charge is 2.22. The van der Waals surface area contributed by atoms with Crippen LogP contribution in [0.2, 0.25) is 0 Å². The zero-order chi connectivity index (χ0) is 22.2. The number of aryl methyl sites for hydroxylation is 1. The summed E-state index contributed by atoms with van der Waals surface area (Å²) in [6.07, 6.45) is 1.78. The molecule has 0 aliphatic carbocycles. The summed E-state index contributed by atoms with van der Waals surface area (Å²) in [5.41, 5.74) is 4.56. The lowest BCUT2D eigenvalue weighted by molar-refractivity contribution is -0.567. The molecule has 0 spiro atoms. The number of H-pyrrole nitrogens is 2. The van der Waals surface area contributed by atoms with Gasteiger partial charge in [-0.3, -0.25) is 0 Å². The maximum absolute atomic E-state index is 5.44. The molecule has 0 aliphatic rings. The van der Waals surface area contributed by atoms with Gasteiger partial charge in [0.25, 0.3) is 5.95 Å².